The Morgan fingerprint density at radius 3 is 2.26 bits per heavy atom. The molecule has 0 aliphatic rings. The van der Waals surface area contributed by atoms with E-state index in [2.05, 4.69) is 26.0 Å². The van der Waals surface area contributed by atoms with Crippen LogP contribution in [-0.4, -0.2) is 20.6 Å². The zero-order chi connectivity index (χ0) is 16.4. The van der Waals surface area contributed by atoms with Crippen LogP contribution < -0.4 is 11.3 Å². The van der Waals surface area contributed by atoms with Crippen LogP contribution >= 0.6 is 0 Å². The van der Waals surface area contributed by atoms with E-state index < -0.39 is 11.7 Å². The highest BCUT2D eigenvalue weighted by Crippen LogP contribution is 2.33. The van der Waals surface area contributed by atoms with E-state index >= 15 is 0 Å². The minimum atomic E-state index is -4.36. The highest BCUT2D eigenvalue weighted by molar-refractivity contribution is 5.79. The number of aromatic nitrogens is 4. The zero-order valence-electron chi connectivity index (χ0n) is 11.6. The molecule has 0 saturated carbocycles. The summed E-state index contributed by atoms with van der Waals surface area (Å²) in [5, 5.41) is 13.6. The number of tetrazole rings is 1. The number of H-pyrrole nitrogens is 1. The fourth-order valence-corrected chi connectivity index (χ4v) is 2.16. The van der Waals surface area contributed by atoms with Gasteiger partial charge in [-0.15, -0.1) is 10.2 Å². The molecule has 0 amide bonds. The summed E-state index contributed by atoms with van der Waals surface area (Å²) in [6.07, 6.45) is -4.36. The first-order chi connectivity index (χ1) is 11.0. The lowest BCUT2D eigenvalue weighted by molar-refractivity contribution is -0.137. The average Bonchev–Trinajstić information content (AvgIpc) is 3.08. The number of nitrogens with two attached hydrogens (primary N) is 1. The Hall–Kier alpha value is -2.94. The first-order valence-electron chi connectivity index (χ1n) is 6.51. The number of benzene rings is 2. The van der Waals surface area contributed by atoms with Crippen LogP contribution in [0.2, 0.25) is 0 Å². The summed E-state index contributed by atoms with van der Waals surface area (Å²) in [6, 6.07) is 10.1. The second-order valence-corrected chi connectivity index (χ2v) is 4.72. The number of aromatic amines is 1. The van der Waals surface area contributed by atoms with E-state index in [0.29, 0.717) is 28.2 Å². The predicted octanol–water partition coefficient (Wildman–Crippen LogP) is 2.84. The molecule has 0 spiro atoms. The first kappa shape index (κ1) is 15.0. The number of anilines is 1. The third-order valence-corrected chi connectivity index (χ3v) is 3.31. The number of nitrogens with one attached hydrogen (secondary N) is 2. The van der Waals surface area contributed by atoms with Crippen molar-refractivity contribution in [2.75, 3.05) is 5.43 Å². The van der Waals surface area contributed by atoms with Crippen LogP contribution in [0.4, 0.5) is 18.9 Å². The first-order valence-corrected chi connectivity index (χ1v) is 6.51. The van der Waals surface area contributed by atoms with Crippen LogP contribution in [-0.2, 0) is 6.18 Å². The van der Waals surface area contributed by atoms with Crippen LogP contribution in [0.25, 0.3) is 22.5 Å². The Morgan fingerprint density at radius 2 is 1.70 bits per heavy atom. The number of rotatable bonds is 3. The van der Waals surface area contributed by atoms with Gasteiger partial charge in [-0.1, -0.05) is 18.2 Å². The topological polar surface area (TPSA) is 92.5 Å². The van der Waals surface area contributed by atoms with Gasteiger partial charge in [0.25, 0.3) is 0 Å². The lowest BCUT2D eigenvalue weighted by Crippen LogP contribution is -2.08. The van der Waals surface area contributed by atoms with Crippen molar-refractivity contribution in [3.8, 4) is 22.5 Å². The minimum absolute atomic E-state index is 0.326. The maximum Gasteiger partial charge on any atom is 0.416 e. The summed E-state index contributed by atoms with van der Waals surface area (Å²) in [5.74, 6) is 5.78. The molecule has 0 atom stereocenters. The van der Waals surface area contributed by atoms with Crippen molar-refractivity contribution in [3.05, 3.63) is 48.0 Å². The molecule has 23 heavy (non-hydrogen) atoms. The van der Waals surface area contributed by atoms with E-state index in [4.69, 9.17) is 5.84 Å². The molecule has 0 unspecified atom stereocenters. The maximum atomic E-state index is 12.6. The Labute approximate surface area is 128 Å². The van der Waals surface area contributed by atoms with E-state index in [1.165, 1.54) is 12.1 Å². The second kappa shape index (κ2) is 5.69. The number of hydrazine groups is 1. The van der Waals surface area contributed by atoms with Crippen molar-refractivity contribution in [1.82, 2.24) is 20.6 Å². The molecule has 1 heterocycles. The summed E-state index contributed by atoms with van der Waals surface area (Å²) in [6.45, 7) is 0. The molecule has 0 fully saturated rings. The lowest BCUT2D eigenvalue weighted by atomic mass is 10.0. The molecule has 3 rings (SSSR count). The molecule has 4 N–H and O–H groups in total. The maximum absolute atomic E-state index is 12.6. The summed E-state index contributed by atoms with van der Waals surface area (Å²) < 4.78 is 37.9. The largest absolute Gasteiger partial charge is 0.416 e. The second-order valence-electron chi connectivity index (χ2n) is 4.72. The van der Waals surface area contributed by atoms with Gasteiger partial charge in [0.05, 0.1) is 11.3 Å². The van der Waals surface area contributed by atoms with E-state index in [0.717, 1.165) is 12.1 Å². The van der Waals surface area contributed by atoms with Gasteiger partial charge in [0.2, 0.25) is 5.82 Å². The van der Waals surface area contributed by atoms with Crippen LogP contribution in [0.1, 0.15) is 5.56 Å². The van der Waals surface area contributed by atoms with Crippen LogP contribution in [0.15, 0.2) is 42.5 Å². The number of halogens is 3. The number of hydrogen-bond acceptors (Lipinski definition) is 5. The number of alkyl halides is 3. The standard InChI is InChI=1S/C14H11F3N6/c15-14(16,17)10-4-1-8(2-5-10)9-3-6-12(19-18)11(7-9)13-20-22-23-21-13/h1-7,19H,18H2,(H,20,21,22,23). The van der Waals surface area contributed by atoms with Gasteiger partial charge in [-0.25, -0.2) is 0 Å². The van der Waals surface area contributed by atoms with Gasteiger partial charge in [0, 0.05) is 5.56 Å². The molecule has 0 aliphatic carbocycles. The quantitative estimate of drug-likeness (QED) is 0.510. The Balaban J connectivity index is 2.02. The van der Waals surface area contributed by atoms with Crippen molar-refractivity contribution in [2.24, 2.45) is 5.84 Å². The fourth-order valence-electron chi connectivity index (χ4n) is 2.16. The molecule has 6 nitrogen and oxygen atoms in total. The smallest absolute Gasteiger partial charge is 0.323 e. The van der Waals surface area contributed by atoms with E-state index in [-0.39, 0.29) is 0 Å². The van der Waals surface area contributed by atoms with Crippen molar-refractivity contribution < 1.29 is 13.2 Å². The van der Waals surface area contributed by atoms with Crippen molar-refractivity contribution in [1.29, 1.82) is 0 Å². The summed E-state index contributed by atoms with van der Waals surface area (Å²) in [7, 11) is 0. The normalized spacial score (nSPS) is 11.5. The molecule has 0 bridgehead atoms. The number of nitrogen functional groups attached to an aromatic ring is 1. The molecule has 0 aliphatic heterocycles. The SMILES string of the molecule is NNc1ccc(-c2ccc(C(F)(F)F)cc2)cc1-c1nn[nH]n1. The third kappa shape index (κ3) is 2.99. The van der Waals surface area contributed by atoms with Gasteiger partial charge in [-0.3, -0.25) is 5.84 Å². The molecule has 1 aromatic heterocycles. The van der Waals surface area contributed by atoms with Crippen molar-refractivity contribution in [2.45, 2.75) is 6.18 Å². The molecular formula is C14H11F3N6. The fraction of sp³-hybridized carbons (Fsp3) is 0.0714. The molecule has 0 saturated heterocycles. The Morgan fingerprint density at radius 1 is 1.00 bits per heavy atom. The highest BCUT2D eigenvalue weighted by Gasteiger charge is 2.30. The molecule has 9 heteroatoms. The number of hydrogen-bond donors (Lipinski definition) is 3. The zero-order valence-corrected chi connectivity index (χ0v) is 11.6. The molecule has 2 aromatic carbocycles. The summed E-state index contributed by atoms with van der Waals surface area (Å²) >= 11 is 0. The Bertz CT molecular complexity index is 796. The predicted molar refractivity (Wildman–Crippen MR) is 77.9 cm³/mol. The van der Waals surface area contributed by atoms with Gasteiger partial charge in [0.1, 0.15) is 0 Å². The third-order valence-electron chi connectivity index (χ3n) is 3.31. The highest BCUT2D eigenvalue weighted by atomic mass is 19.4. The van der Waals surface area contributed by atoms with Crippen molar-refractivity contribution in [3.63, 3.8) is 0 Å². The summed E-state index contributed by atoms with van der Waals surface area (Å²) in [5.41, 5.74) is 4.32. The van der Waals surface area contributed by atoms with Gasteiger partial charge in [-0.05, 0) is 40.6 Å². The van der Waals surface area contributed by atoms with E-state index in [1.54, 1.807) is 18.2 Å². The van der Waals surface area contributed by atoms with E-state index in [1.807, 2.05) is 0 Å². The van der Waals surface area contributed by atoms with Gasteiger partial charge < -0.3 is 5.43 Å². The van der Waals surface area contributed by atoms with Gasteiger partial charge in [-0.2, -0.15) is 18.4 Å². The van der Waals surface area contributed by atoms with E-state index in [9.17, 15) is 13.2 Å². The molecular weight excluding hydrogens is 309 g/mol. The molecule has 0 radical (unpaired) electrons. The summed E-state index contributed by atoms with van der Waals surface area (Å²) in [4.78, 5) is 0. The number of nitrogens with zero attached hydrogens (tertiary/aromatic N) is 3. The van der Waals surface area contributed by atoms with Crippen LogP contribution in [0.3, 0.4) is 0 Å². The molecule has 118 valence electrons. The average molecular weight is 320 g/mol. The lowest BCUT2D eigenvalue weighted by Gasteiger charge is -2.10. The Kier molecular flexibility index (Phi) is 3.70. The monoisotopic (exact) mass is 320 g/mol. The molecule has 3 aromatic rings. The van der Waals surface area contributed by atoms with Crippen LogP contribution in [0.5, 0.6) is 0 Å². The van der Waals surface area contributed by atoms with Crippen LogP contribution in [0, 0.1) is 0 Å². The van der Waals surface area contributed by atoms with Crippen molar-refractivity contribution >= 4 is 5.69 Å². The van der Waals surface area contributed by atoms with Gasteiger partial charge >= 0.3 is 6.18 Å². The minimum Gasteiger partial charge on any atom is -0.323 e. The van der Waals surface area contributed by atoms with Gasteiger partial charge in [0.15, 0.2) is 0 Å².